The largest absolute Gasteiger partial charge is 0.453 e. The number of nitrogens with zero attached hydrogens (tertiary/aromatic N) is 2. The van der Waals surface area contributed by atoms with Crippen LogP contribution in [-0.2, 0) is 0 Å². The Labute approximate surface area is 145 Å². The highest BCUT2D eigenvalue weighted by atomic mass is 35.5. The van der Waals surface area contributed by atoms with Gasteiger partial charge in [-0.1, -0.05) is 23.7 Å². The van der Waals surface area contributed by atoms with Gasteiger partial charge in [-0.3, -0.25) is 10.1 Å². The van der Waals surface area contributed by atoms with E-state index >= 15 is 0 Å². The van der Waals surface area contributed by atoms with Gasteiger partial charge in [0.1, 0.15) is 5.76 Å². The molecule has 2 heterocycles. The number of rotatable bonds is 3. The van der Waals surface area contributed by atoms with Crippen LogP contribution in [0.4, 0.5) is 5.69 Å². The lowest BCUT2D eigenvalue weighted by Crippen LogP contribution is -1.91. The Bertz CT molecular complexity index is 1040. The molecule has 0 aliphatic carbocycles. The summed E-state index contributed by atoms with van der Waals surface area (Å²) in [5.74, 6) is 0.989. The van der Waals surface area contributed by atoms with Crippen LogP contribution < -0.4 is 0 Å². The van der Waals surface area contributed by atoms with Crippen molar-refractivity contribution in [1.29, 1.82) is 0 Å². The van der Waals surface area contributed by atoms with Gasteiger partial charge in [-0.2, -0.15) is 0 Å². The van der Waals surface area contributed by atoms with E-state index in [4.69, 9.17) is 16.0 Å². The Morgan fingerprint density at radius 2 is 1.88 bits per heavy atom. The van der Waals surface area contributed by atoms with E-state index in [1.54, 1.807) is 24.3 Å². The van der Waals surface area contributed by atoms with Gasteiger partial charge in [-0.25, -0.2) is 4.98 Å². The molecule has 0 spiro atoms. The average molecular weight is 357 g/mol. The normalized spacial score (nSPS) is 11.0. The molecule has 4 aromatic rings. The van der Waals surface area contributed by atoms with Gasteiger partial charge in [0, 0.05) is 11.1 Å². The minimum atomic E-state index is -0.471. The fourth-order valence-corrected chi connectivity index (χ4v) is 3.53. The van der Waals surface area contributed by atoms with E-state index < -0.39 is 4.92 Å². The molecule has 0 saturated carbocycles. The predicted octanol–water partition coefficient (Wildman–Crippen LogP) is 5.78. The third-order valence-corrected chi connectivity index (χ3v) is 4.82. The van der Waals surface area contributed by atoms with Crippen LogP contribution in [-0.4, -0.2) is 9.91 Å². The Balaban J connectivity index is 1.79. The lowest BCUT2D eigenvalue weighted by Gasteiger charge is -2.00. The van der Waals surface area contributed by atoms with E-state index in [0.29, 0.717) is 22.1 Å². The molecule has 0 amide bonds. The van der Waals surface area contributed by atoms with Crippen molar-refractivity contribution in [3.63, 3.8) is 0 Å². The van der Waals surface area contributed by atoms with Crippen LogP contribution >= 0.6 is 22.9 Å². The maximum atomic E-state index is 11.2. The van der Waals surface area contributed by atoms with Crippen LogP contribution in [0.1, 0.15) is 0 Å². The lowest BCUT2D eigenvalue weighted by molar-refractivity contribution is -0.384. The quantitative estimate of drug-likeness (QED) is 0.344. The molecule has 5 nitrogen and oxygen atoms in total. The minimum Gasteiger partial charge on any atom is -0.453 e. The van der Waals surface area contributed by atoms with Gasteiger partial charge in [0.05, 0.1) is 20.7 Å². The summed E-state index contributed by atoms with van der Waals surface area (Å²) in [4.78, 5) is 15.3. The number of para-hydroxylation sites is 1. The zero-order valence-electron chi connectivity index (χ0n) is 12.1. The number of nitro groups is 1. The molecule has 7 heteroatoms. The third kappa shape index (κ3) is 2.55. The average Bonchev–Trinajstić information content (AvgIpc) is 3.21. The first-order valence-electron chi connectivity index (χ1n) is 7.02. The summed E-state index contributed by atoms with van der Waals surface area (Å²) in [5, 5.41) is 12.3. The van der Waals surface area contributed by atoms with Crippen LogP contribution in [0.15, 0.2) is 59.0 Å². The first kappa shape index (κ1) is 14.9. The van der Waals surface area contributed by atoms with Gasteiger partial charge >= 0.3 is 0 Å². The summed E-state index contributed by atoms with van der Waals surface area (Å²) in [6, 6.07) is 15.8. The highest BCUT2D eigenvalue weighted by Crippen LogP contribution is 2.37. The molecule has 4 rings (SSSR count). The highest BCUT2D eigenvalue weighted by molar-refractivity contribution is 7.21. The van der Waals surface area contributed by atoms with Gasteiger partial charge < -0.3 is 4.42 Å². The van der Waals surface area contributed by atoms with E-state index in [1.165, 1.54) is 17.4 Å². The number of aromatic nitrogens is 1. The Morgan fingerprint density at radius 3 is 2.67 bits per heavy atom. The van der Waals surface area contributed by atoms with E-state index in [2.05, 4.69) is 4.98 Å². The molecule has 0 unspecified atom stereocenters. The number of hydrogen-bond acceptors (Lipinski definition) is 5. The summed E-state index contributed by atoms with van der Waals surface area (Å²) in [7, 11) is 0. The molecule has 0 aliphatic heterocycles. The number of thiazole rings is 1. The van der Waals surface area contributed by atoms with Crippen molar-refractivity contribution in [3.05, 3.63) is 69.7 Å². The van der Waals surface area contributed by atoms with Crippen molar-refractivity contribution in [2.24, 2.45) is 0 Å². The summed E-state index contributed by atoms with van der Waals surface area (Å²) < 4.78 is 6.87. The maximum absolute atomic E-state index is 11.2. The van der Waals surface area contributed by atoms with Crippen LogP contribution in [0, 0.1) is 10.1 Å². The van der Waals surface area contributed by atoms with Gasteiger partial charge in [0.2, 0.25) is 0 Å². The van der Waals surface area contributed by atoms with Gasteiger partial charge in [0.15, 0.2) is 10.8 Å². The van der Waals surface area contributed by atoms with Crippen molar-refractivity contribution in [1.82, 2.24) is 4.98 Å². The molecule has 2 aromatic heterocycles. The number of halogens is 1. The molecule has 24 heavy (non-hydrogen) atoms. The van der Waals surface area contributed by atoms with Crippen molar-refractivity contribution in [2.45, 2.75) is 0 Å². The van der Waals surface area contributed by atoms with Gasteiger partial charge in [-0.15, -0.1) is 11.3 Å². The van der Waals surface area contributed by atoms with Crippen LogP contribution in [0.3, 0.4) is 0 Å². The number of benzene rings is 2. The Morgan fingerprint density at radius 1 is 1.08 bits per heavy atom. The van der Waals surface area contributed by atoms with Gasteiger partial charge in [0.25, 0.3) is 5.69 Å². The second-order valence-corrected chi connectivity index (χ2v) is 6.54. The molecule has 2 aromatic carbocycles. The van der Waals surface area contributed by atoms with E-state index in [-0.39, 0.29) is 5.69 Å². The molecular weight excluding hydrogens is 348 g/mol. The van der Waals surface area contributed by atoms with E-state index in [1.807, 2.05) is 24.3 Å². The van der Waals surface area contributed by atoms with Crippen LogP contribution in [0.25, 0.3) is 32.3 Å². The Hall–Kier alpha value is -2.70. The molecule has 0 N–H and O–H groups in total. The molecule has 0 fully saturated rings. The zero-order chi connectivity index (χ0) is 16.7. The number of nitro benzene ring substituents is 1. The van der Waals surface area contributed by atoms with Crippen molar-refractivity contribution in [2.75, 3.05) is 0 Å². The summed E-state index contributed by atoms with van der Waals surface area (Å²) in [5.41, 5.74) is 1.19. The molecule has 0 aliphatic rings. The standard InChI is InChI=1S/C17H9ClN2O3S/c18-10-5-6-11(13(9-10)20(21)22)14-7-8-15(23-14)17-19-12-3-1-2-4-16(12)24-17/h1-9H. The van der Waals surface area contributed by atoms with E-state index in [0.717, 1.165) is 15.2 Å². The Kier molecular flexibility index (Phi) is 3.55. The maximum Gasteiger partial charge on any atom is 0.281 e. The molecule has 0 bridgehead atoms. The topological polar surface area (TPSA) is 69.2 Å². The highest BCUT2D eigenvalue weighted by Gasteiger charge is 2.20. The number of hydrogen-bond donors (Lipinski definition) is 0. The molecule has 0 radical (unpaired) electrons. The van der Waals surface area contributed by atoms with E-state index in [9.17, 15) is 10.1 Å². The number of fused-ring (bicyclic) bond motifs is 1. The lowest BCUT2D eigenvalue weighted by atomic mass is 10.1. The monoisotopic (exact) mass is 356 g/mol. The van der Waals surface area contributed by atoms with Crippen LogP contribution in [0.2, 0.25) is 5.02 Å². The fourth-order valence-electron chi connectivity index (χ4n) is 2.44. The second kappa shape index (κ2) is 5.74. The SMILES string of the molecule is O=[N+]([O-])c1cc(Cl)ccc1-c1ccc(-c2nc3ccccc3s2)o1. The van der Waals surface area contributed by atoms with Gasteiger partial charge in [-0.05, 0) is 36.4 Å². The first-order chi connectivity index (χ1) is 11.6. The zero-order valence-corrected chi connectivity index (χ0v) is 13.7. The molecular formula is C17H9ClN2O3S. The van der Waals surface area contributed by atoms with Crippen LogP contribution in [0.5, 0.6) is 0 Å². The molecule has 0 saturated heterocycles. The molecule has 0 atom stereocenters. The van der Waals surface area contributed by atoms with Crippen molar-refractivity contribution < 1.29 is 9.34 Å². The predicted molar refractivity (Wildman–Crippen MR) is 94.4 cm³/mol. The van der Waals surface area contributed by atoms with Crippen molar-refractivity contribution >= 4 is 38.8 Å². The van der Waals surface area contributed by atoms with Crippen molar-refractivity contribution in [3.8, 4) is 22.1 Å². The summed E-state index contributed by atoms with van der Waals surface area (Å²) in [6.07, 6.45) is 0. The second-order valence-electron chi connectivity index (χ2n) is 5.07. The third-order valence-electron chi connectivity index (χ3n) is 3.53. The smallest absolute Gasteiger partial charge is 0.281 e. The number of furan rings is 1. The summed E-state index contributed by atoms with van der Waals surface area (Å²) >= 11 is 7.36. The first-order valence-corrected chi connectivity index (χ1v) is 8.21. The minimum absolute atomic E-state index is 0.0901. The fraction of sp³-hybridized carbons (Fsp3) is 0. The molecule has 118 valence electrons. The summed E-state index contributed by atoms with van der Waals surface area (Å²) in [6.45, 7) is 0.